The van der Waals surface area contributed by atoms with Crippen molar-refractivity contribution in [2.24, 2.45) is 0 Å². The van der Waals surface area contributed by atoms with Crippen molar-refractivity contribution < 1.29 is 14.1 Å². The standard InChI is InChI=1S/C13H7BrClFN2O3/c14-10-5-7(1-3-11(10)15)17-13(19)9-6-8(18(20)21)2-4-12(9)16/h1-6H,(H,17,19). The summed E-state index contributed by atoms with van der Waals surface area (Å²) >= 11 is 9.01. The van der Waals surface area contributed by atoms with Crippen LogP contribution in [-0.4, -0.2) is 10.8 Å². The van der Waals surface area contributed by atoms with E-state index in [2.05, 4.69) is 21.2 Å². The molecule has 1 amide bonds. The Morgan fingerprint density at radius 3 is 2.62 bits per heavy atom. The summed E-state index contributed by atoms with van der Waals surface area (Å²) in [5, 5.41) is 13.6. The highest BCUT2D eigenvalue weighted by atomic mass is 79.9. The van der Waals surface area contributed by atoms with Gasteiger partial charge in [0.2, 0.25) is 0 Å². The number of nitro groups is 1. The monoisotopic (exact) mass is 372 g/mol. The van der Waals surface area contributed by atoms with Gasteiger partial charge in [0.25, 0.3) is 11.6 Å². The number of hydrogen-bond acceptors (Lipinski definition) is 3. The van der Waals surface area contributed by atoms with Crippen LogP contribution in [0.3, 0.4) is 0 Å². The van der Waals surface area contributed by atoms with Gasteiger partial charge in [-0.3, -0.25) is 14.9 Å². The molecule has 0 spiro atoms. The average Bonchev–Trinajstić information content (AvgIpc) is 2.43. The molecule has 0 radical (unpaired) electrons. The number of non-ortho nitro benzene ring substituents is 1. The van der Waals surface area contributed by atoms with Crippen LogP contribution in [-0.2, 0) is 0 Å². The van der Waals surface area contributed by atoms with Crippen LogP contribution in [0.1, 0.15) is 10.4 Å². The SMILES string of the molecule is O=C(Nc1ccc(Cl)c(Br)c1)c1cc([N+](=O)[O-])ccc1F. The number of carbonyl (C=O) groups excluding carboxylic acids is 1. The normalized spacial score (nSPS) is 10.2. The molecule has 0 fully saturated rings. The Hall–Kier alpha value is -1.99. The number of nitro benzene ring substituents is 1. The lowest BCUT2D eigenvalue weighted by Crippen LogP contribution is -2.14. The van der Waals surface area contributed by atoms with E-state index in [0.29, 0.717) is 15.2 Å². The third-order valence-corrected chi connectivity index (χ3v) is 3.80. The number of halogens is 3. The zero-order valence-corrected chi connectivity index (χ0v) is 12.6. The van der Waals surface area contributed by atoms with Crippen molar-refractivity contribution >= 4 is 44.8 Å². The molecule has 0 atom stereocenters. The molecular weight excluding hydrogens is 367 g/mol. The molecule has 2 aromatic carbocycles. The first-order valence-electron chi connectivity index (χ1n) is 5.59. The number of carbonyl (C=O) groups is 1. The number of amides is 1. The lowest BCUT2D eigenvalue weighted by molar-refractivity contribution is -0.384. The number of anilines is 1. The molecule has 0 aliphatic rings. The first-order chi connectivity index (χ1) is 9.88. The van der Waals surface area contributed by atoms with Crippen LogP contribution < -0.4 is 5.32 Å². The molecule has 2 aromatic rings. The Bertz CT molecular complexity index is 739. The van der Waals surface area contributed by atoms with E-state index < -0.39 is 22.2 Å². The summed E-state index contributed by atoms with van der Waals surface area (Å²) < 4.78 is 14.2. The Labute approximate surface area is 132 Å². The van der Waals surface area contributed by atoms with Crippen LogP contribution in [0.15, 0.2) is 40.9 Å². The zero-order valence-electron chi connectivity index (χ0n) is 10.3. The summed E-state index contributed by atoms with van der Waals surface area (Å²) in [5.74, 6) is -1.63. The molecule has 0 saturated carbocycles. The first-order valence-corrected chi connectivity index (χ1v) is 6.76. The number of hydrogen-bond donors (Lipinski definition) is 1. The minimum Gasteiger partial charge on any atom is -0.322 e. The molecule has 0 aliphatic carbocycles. The maximum absolute atomic E-state index is 13.6. The number of nitrogens with one attached hydrogen (secondary N) is 1. The second-order valence-electron chi connectivity index (χ2n) is 4.00. The minimum absolute atomic E-state index is 0.362. The molecule has 8 heteroatoms. The second-order valence-corrected chi connectivity index (χ2v) is 5.27. The quantitative estimate of drug-likeness (QED) is 0.640. The van der Waals surface area contributed by atoms with Crippen LogP contribution in [0, 0.1) is 15.9 Å². The van der Waals surface area contributed by atoms with Crippen molar-refractivity contribution in [1.29, 1.82) is 0 Å². The molecule has 0 saturated heterocycles. The topological polar surface area (TPSA) is 72.2 Å². The van der Waals surface area contributed by atoms with Crippen molar-refractivity contribution in [3.63, 3.8) is 0 Å². The van der Waals surface area contributed by atoms with Gasteiger partial charge in [0.05, 0.1) is 15.5 Å². The molecule has 0 heterocycles. The third-order valence-electron chi connectivity index (χ3n) is 2.58. The van der Waals surface area contributed by atoms with Gasteiger partial charge in [0.1, 0.15) is 5.82 Å². The lowest BCUT2D eigenvalue weighted by Gasteiger charge is -2.07. The molecule has 0 unspecified atom stereocenters. The average molecular weight is 374 g/mol. The summed E-state index contributed by atoms with van der Waals surface area (Å²) in [4.78, 5) is 21.9. The van der Waals surface area contributed by atoms with Crippen molar-refractivity contribution in [2.75, 3.05) is 5.32 Å². The summed E-state index contributed by atoms with van der Waals surface area (Å²) in [6.45, 7) is 0. The van der Waals surface area contributed by atoms with E-state index in [1.807, 2.05) is 0 Å². The third kappa shape index (κ3) is 3.56. The molecule has 21 heavy (non-hydrogen) atoms. The van der Waals surface area contributed by atoms with Crippen molar-refractivity contribution in [1.82, 2.24) is 0 Å². The number of rotatable bonds is 3. The van der Waals surface area contributed by atoms with Gasteiger partial charge in [-0.1, -0.05) is 11.6 Å². The predicted molar refractivity (Wildman–Crippen MR) is 80.2 cm³/mol. The zero-order chi connectivity index (χ0) is 15.6. The lowest BCUT2D eigenvalue weighted by atomic mass is 10.1. The van der Waals surface area contributed by atoms with E-state index in [1.54, 1.807) is 6.07 Å². The van der Waals surface area contributed by atoms with Gasteiger partial charge in [0.15, 0.2) is 0 Å². The fourth-order valence-electron chi connectivity index (χ4n) is 1.57. The molecule has 0 aromatic heterocycles. The van der Waals surface area contributed by atoms with Gasteiger partial charge in [0, 0.05) is 22.3 Å². The van der Waals surface area contributed by atoms with Gasteiger partial charge in [-0.25, -0.2) is 4.39 Å². The van der Waals surface area contributed by atoms with E-state index in [9.17, 15) is 19.3 Å². The molecule has 1 N–H and O–H groups in total. The molecule has 5 nitrogen and oxygen atoms in total. The molecular formula is C13H7BrClFN2O3. The Balaban J connectivity index is 2.29. The summed E-state index contributed by atoms with van der Waals surface area (Å²) in [6.07, 6.45) is 0. The van der Waals surface area contributed by atoms with E-state index in [4.69, 9.17) is 11.6 Å². The molecule has 108 valence electrons. The molecule has 2 rings (SSSR count). The second kappa shape index (κ2) is 6.19. The maximum atomic E-state index is 13.6. The Morgan fingerprint density at radius 1 is 1.29 bits per heavy atom. The van der Waals surface area contributed by atoms with Crippen LogP contribution in [0.2, 0.25) is 5.02 Å². The smallest absolute Gasteiger partial charge is 0.270 e. The number of benzene rings is 2. The highest BCUT2D eigenvalue weighted by Crippen LogP contribution is 2.26. The van der Waals surface area contributed by atoms with Crippen LogP contribution in [0.25, 0.3) is 0 Å². The van der Waals surface area contributed by atoms with Crippen molar-refractivity contribution in [2.45, 2.75) is 0 Å². The van der Waals surface area contributed by atoms with Crippen molar-refractivity contribution in [3.05, 3.63) is 67.4 Å². The van der Waals surface area contributed by atoms with Crippen LogP contribution in [0.5, 0.6) is 0 Å². The predicted octanol–water partition coefficient (Wildman–Crippen LogP) is 4.40. The fraction of sp³-hybridized carbons (Fsp3) is 0. The van der Waals surface area contributed by atoms with Gasteiger partial charge in [-0.15, -0.1) is 0 Å². The number of nitrogens with zero attached hydrogens (tertiary/aromatic N) is 1. The Kier molecular flexibility index (Phi) is 4.54. The summed E-state index contributed by atoms with van der Waals surface area (Å²) in [6, 6.07) is 7.37. The highest BCUT2D eigenvalue weighted by molar-refractivity contribution is 9.10. The van der Waals surface area contributed by atoms with Crippen molar-refractivity contribution in [3.8, 4) is 0 Å². The molecule has 0 aliphatic heterocycles. The molecule has 0 bridgehead atoms. The van der Waals surface area contributed by atoms with E-state index in [1.165, 1.54) is 12.1 Å². The van der Waals surface area contributed by atoms with Gasteiger partial charge in [-0.05, 0) is 40.2 Å². The summed E-state index contributed by atoms with van der Waals surface area (Å²) in [7, 11) is 0. The fourth-order valence-corrected chi connectivity index (χ4v) is 2.07. The van der Waals surface area contributed by atoms with E-state index >= 15 is 0 Å². The Morgan fingerprint density at radius 2 is 2.00 bits per heavy atom. The van der Waals surface area contributed by atoms with E-state index in [0.717, 1.165) is 18.2 Å². The first kappa shape index (κ1) is 15.4. The van der Waals surface area contributed by atoms with Gasteiger partial charge in [-0.2, -0.15) is 0 Å². The largest absolute Gasteiger partial charge is 0.322 e. The van der Waals surface area contributed by atoms with Crippen LogP contribution >= 0.6 is 27.5 Å². The minimum atomic E-state index is -0.842. The van der Waals surface area contributed by atoms with E-state index in [-0.39, 0.29) is 5.69 Å². The van der Waals surface area contributed by atoms with Crippen LogP contribution in [0.4, 0.5) is 15.8 Å². The highest BCUT2D eigenvalue weighted by Gasteiger charge is 2.17. The summed E-state index contributed by atoms with van der Waals surface area (Å²) in [5.41, 5.74) is -0.392. The van der Waals surface area contributed by atoms with Gasteiger partial charge >= 0.3 is 0 Å². The van der Waals surface area contributed by atoms with Gasteiger partial charge < -0.3 is 5.32 Å². The maximum Gasteiger partial charge on any atom is 0.270 e.